The summed E-state index contributed by atoms with van der Waals surface area (Å²) in [4.78, 5) is 14.0. The fraction of sp³-hybridized carbons (Fsp3) is 0.235. The molecule has 0 aliphatic carbocycles. The van der Waals surface area contributed by atoms with E-state index in [0.29, 0.717) is 13.1 Å². The first-order chi connectivity index (χ1) is 10.2. The van der Waals surface area contributed by atoms with Crippen LogP contribution in [0, 0.1) is 0 Å². The standard InChI is InChI=1S/C17H19BrN2O/c1-2-20(16-6-4-3-5-7-16)17(21)19-13-12-14-8-10-15(18)11-9-14/h3-11H,2,12-13H2,1H3,(H,19,21). The fourth-order valence-electron chi connectivity index (χ4n) is 2.11. The molecule has 0 aromatic heterocycles. The number of benzene rings is 2. The Balaban J connectivity index is 1.87. The second-order valence-corrected chi connectivity index (χ2v) is 5.60. The molecule has 0 heterocycles. The molecule has 2 aromatic carbocycles. The molecule has 0 aliphatic heterocycles. The quantitative estimate of drug-likeness (QED) is 0.863. The number of nitrogens with one attached hydrogen (secondary N) is 1. The zero-order valence-corrected chi connectivity index (χ0v) is 13.6. The Labute approximate surface area is 134 Å². The first-order valence-corrected chi connectivity index (χ1v) is 7.85. The molecule has 0 bridgehead atoms. The van der Waals surface area contributed by atoms with E-state index in [1.54, 1.807) is 4.90 Å². The second kappa shape index (κ2) is 7.84. The summed E-state index contributed by atoms with van der Waals surface area (Å²) in [7, 11) is 0. The number of nitrogens with zero attached hydrogens (tertiary/aromatic N) is 1. The monoisotopic (exact) mass is 346 g/mol. The fourth-order valence-corrected chi connectivity index (χ4v) is 2.38. The Morgan fingerprint density at radius 3 is 2.38 bits per heavy atom. The van der Waals surface area contributed by atoms with Crippen LogP contribution in [0.3, 0.4) is 0 Å². The van der Waals surface area contributed by atoms with E-state index in [1.165, 1.54) is 5.56 Å². The summed E-state index contributed by atoms with van der Waals surface area (Å²) in [6, 6.07) is 17.8. The molecular formula is C17H19BrN2O. The van der Waals surface area contributed by atoms with Gasteiger partial charge in [-0.15, -0.1) is 0 Å². The van der Waals surface area contributed by atoms with Gasteiger partial charge in [0.1, 0.15) is 0 Å². The van der Waals surface area contributed by atoms with Crippen molar-refractivity contribution in [1.29, 1.82) is 0 Å². The smallest absolute Gasteiger partial charge is 0.321 e. The van der Waals surface area contributed by atoms with E-state index >= 15 is 0 Å². The highest BCUT2D eigenvalue weighted by atomic mass is 79.9. The third-order valence-electron chi connectivity index (χ3n) is 3.23. The van der Waals surface area contributed by atoms with E-state index in [2.05, 4.69) is 33.4 Å². The van der Waals surface area contributed by atoms with Gasteiger partial charge in [0.25, 0.3) is 0 Å². The lowest BCUT2D eigenvalue weighted by Crippen LogP contribution is -2.40. The van der Waals surface area contributed by atoms with Gasteiger partial charge in [0, 0.05) is 23.2 Å². The molecule has 0 saturated carbocycles. The van der Waals surface area contributed by atoms with Gasteiger partial charge in [-0.05, 0) is 43.2 Å². The summed E-state index contributed by atoms with van der Waals surface area (Å²) in [5, 5.41) is 2.97. The first kappa shape index (κ1) is 15.6. The number of carbonyl (C=O) groups is 1. The number of halogens is 1. The lowest BCUT2D eigenvalue weighted by Gasteiger charge is -2.21. The van der Waals surface area contributed by atoms with Crippen molar-refractivity contribution in [2.75, 3.05) is 18.0 Å². The second-order valence-electron chi connectivity index (χ2n) is 4.69. The van der Waals surface area contributed by atoms with E-state index in [9.17, 15) is 4.79 Å². The normalized spacial score (nSPS) is 10.2. The van der Waals surface area contributed by atoms with Crippen LogP contribution in [-0.4, -0.2) is 19.1 Å². The highest BCUT2D eigenvalue weighted by Gasteiger charge is 2.12. The van der Waals surface area contributed by atoms with Gasteiger partial charge in [0.2, 0.25) is 0 Å². The molecule has 0 radical (unpaired) electrons. The average molecular weight is 347 g/mol. The van der Waals surface area contributed by atoms with Crippen molar-refractivity contribution in [2.24, 2.45) is 0 Å². The Bertz CT molecular complexity index is 569. The average Bonchev–Trinajstić information content (AvgIpc) is 2.51. The minimum Gasteiger partial charge on any atom is -0.337 e. The largest absolute Gasteiger partial charge is 0.337 e. The van der Waals surface area contributed by atoms with Gasteiger partial charge < -0.3 is 5.32 Å². The molecule has 0 aliphatic rings. The number of hydrogen-bond donors (Lipinski definition) is 1. The van der Waals surface area contributed by atoms with Crippen LogP contribution in [0.25, 0.3) is 0 Å². The van der Waals surface area contributed by atoms with Crippen molar-refractivity contribution < 1.29 is 4.79 Å². The van der Waals surface area contributed by atoms with Crippen LogP contribution in [0.2, 0.25) is 0 Å². The molecule has 0 fully saturated rings. The summed E-state index contributed by atoms with van der Waals surface area (Å²) in [6.45, 7) is 3.25. The van der Waals surface area contributed by atoms with Crippen LogP contribution in [0.1, 0.15) is 12.5 Å². The van der Waals surface area contributed by atoms with Gasteiger partial charge in [0.05, 0.1) is 0 Å². The van der Waals surface area contributed by atoms with Crippen LogP contribution in [0.4, 0.5) is 10.5 Å². The molecule has 2 aromatic rings. The third-order valence-corrected chi connectivity index (χ3v) is 3.76. The van der Waals surface area contributed by atoms with Crippen LogP contribution in [0.15, 0.2) is 59.1 Å². The van der Waals surface area contributed by atoms with Crippen molar-refractivity contribution in [3.8, 4) is 0 Å². The Morgan fingerprint density at radius 1 is 1.10 bits per heavy atom. The highest BCUT2D eigenvalue weighted by Crippen LogP contribution is 2.13. The molecule has 3 nitrogen and oxygen atoms in total. The summed E-state index contributed by atoms with van der Waals surface area (Å²) < 4.78 is 1.07. The van der Waals surface area contributed by atoms with Crippen LogP contribution in [0.5, 0.6) is 0 Å². The van der Waals surface area contributed by atoms with Crippen LogP contribution in [-0.2, 0) is 6.42 Å². The van der Waals surface area contributed by atoms with Gasteiger partial charge in [-0.1, -0.05) is 46.3 Å². The van der Waals surface area contributed by atoms with E-state index < -0.39 is 0 Å². The zero-order valence-electron chi connectivity index (χ0n) is 12.1. The van der Waals surface area contributed by atoms with Crippen molar-refractivity contribution in [1.82, 2.24) is 5.32 Å². The Kier molecular flexibility index (Phi) is 5.81. The number of para-hydroxylation sites is 1. The Morgan fingerprint density at radius 2 is 1.76 bits per heavy atom. The van der Waals surface area contributed by atoms with Gasteiger partial charge in [-0.3, -0.25) is 4.90 Å². The van der Waals surface area contributed by atoms with Crippen LogP contribution < -0.4 is 10.2 Å². The molecule has 2 rings (SSSR count). The molecule has 4 heteroatoms. The maximum Gasteiger partial charge on any atom is 0.321 e. The highest BCUT2D eigenvalue weighted by molar-refractivity contribution is 9.10. The summed E-state index contributed by atoms with van der Waals surface area (Å²) >= 11 is 3.41. The first-order valence-electron chi connectivity index (χ1n) is 7.05. The number of carbonyl (C=O) groups excluding carboxylic acids is 1. The van der Waals surface area contributed by atoms with E-state index in [0.717, 1.165) is 16.6 Å². The van der Waals surface area contributed by atoms with Gasteiger partial charge in [-0.2, -0.15) is 0 Å². The number of hydrogen-bond acceptors (Lipinski definition) is 1. The topological polar surface area (TPSA) is 32.3 Å². The molecule has 1 N–H and O–H groups in total. The van der Waals surface area contributed by atoms with Gasteiger partial charge in [-0.25, -0.2) is 4.79 Å². The molecule has 110 valence electrons. The minimum absolute atomic E-state index is 0.0548. The van der Waals surface area contributed by atoms with Crippen molar-refractivity contribution >= 4 is 27.6 Å². The third kappa shape index (κ3) is 4.60. The molecule has 0 spiro atoms. The van der Waals surface area contributed by atoms with Crippen LogP contribution >= 0.6 is 15.9 Å². The number of amides is 2. The van der Waals surface area contributed by atoms with E-state index in [4.69, 9.17) is 0 Å². The maximum absolute atomic E-state index is 12.2. The predicted octanol–water partition coefficient (Wildman–Crippen LogP) is 4.23. The SMILES string of the molecule is CCN(C(=O)NCCc1ccc(Br)cc1)c1ccccc1. The molecule has 0 atom stereocenters. The van der Waals surface area contributed by atoms with Crippen molar-refractivity contribution in [2.45, 2.75) is 13.3 Å². The molecule has 2 amide bonds. The maximum atomic E-state index is 12.2. The number of anilines is 1. The van der Waals surface area contributed by atoms with Crippen molar-refractivity contribution in [3.05, 3.63) is 64.6 Å². The van der Waals surface area contributed by atoms with E-state index in [-0.39, 0.29) is 6.03 Å². The number of urea groups is 1. The lowest BCUT2D eigenvalue weighted by molar-refractivity contribution is 0.246. The summed E-state index contributed by atoms with van der Waals surface area (Å²) in [5.74, 6) is 0. The van der Waals surface area contributed by atoms with Gasteiger partial charge >= 0.3 is 6.03 Å². The van der Waals surface area contributed by atoms with Crippen molar-refractivity contribution in [3.63, 3.8) is 0 Å². The molecule has 0 unspecified atom stereocenters. The van der Waals surface area contributed by atoms with E-state index in [1.807, 2.05) is 49.4 Å². The summed E-state index contributed by atoms with van der Waals surface area (Å²) in [5.41, 5.74) is 2.13. The molecule has 21 heavy (non-hydrogen) atoms. The lowest BCUT2D eigenvalue weighted by atomic mass is 10.1. The predicted molar refractivity (Wildman–Crippen MR) is 90.7 cm³/mol. The minimum atomic E-state index is -0.0548. The Hall–Kier alpha value is -1.81. The summed E-state index contributed by atoms with van der Waals surface area (Å²) in [6.07, 6.45) is 0.825. The van der Waals surface area contributed by atoms with Gasteiger partial charge in [0.15, 0.2) is 0 Å². The molecular weight excluding hydrogens is 328 g/mol. The zero-order chi connectivity index (χ0) is 15.1. The number of rotatable bonds is 5. The molecule has 0 saturated heterocycles.